The van der Waals surface area contributed by atoms with E-state index in [1.54, 1.807) is 11.3 Å². The average molecular weight is 339 g/mol. The molecule has 0 saturated carbocycles. The molecule has 0 spiro atoms. The van der Waals surface area contributed by atoms with Crippen molar-refractivity contribution in [2.45, 2.75) is 25.0 Å². The summed E-state index contributed by atoms with van der Waals surface area (Å²) in [5, 5.41) is 12.3. The molecule has 0 fully saturated rings. The van der Waals surface area contributed by atoms with Gasteiger partial charge in [-0.3, -0.25) is 0 Å². The summed E-state index contributed by atoms with van der Waals surface area (Å²) >= 11 is 4.99. The fraction of sp³-hybridized carbons (Fsp3) is 0.333. The van der Waals surface area contributed by atoms with E-state index in [1.165, 1.54) is 11.1 Å². The van der Waals surface area contributed by atoms with Crippen molar-refractivity contribution in [1.82, 2.24) is 0 Å². The normalized spacial score (nSPS) is 20.0. The number of aliphatic hydroxyl groups is 1. The van der Waals surface area contributed by atoms with E-state index in [0.717, 1.165) is 22.4 Å². The number of benzene rings is 1. The summed E-state index contributed by atoms with van der Waals surface area (Å²) in [6.45, 7) is 0.739. The van der Waals surface area contributed by atoms with Gasteiger partial charge in [-0.2, -0.15) is 0 Å². The van der Waals surface area contributed by atoms with Gasteiger partial charge >= 0.3 is 0 Å². The lowest BCUT2D eigenvalue weighted by Gasteiger charge is -2.27. The zero-order chi connectivity index (χ0) is 13.2. The SMILES string of the molecule is OC(CC1OCCc2ccccc21)c1cc(Br)cs1. The molecule has 2 heterocycles. The summed E-state index contributed by atoms with van der Waals surface area (Å²) in [5.41, 5.74) is 2.57. The van der Waals surface area contributed by atoms with Crippen molar-refractivity contribution in [2.75, 3.05) is 6.61 Å². The summed E-state index contributed by atoms with van der Waals surface area (Å²) in [5.74, 6) is 0. The zero-order valence-electron chi connectivity index (χ0n) is 10.4. The lowest BCUT2D eigenvalue weighted by atomic mass is 9.94. The molecule has 2 nitrogen and oxygen atoms in total. The molecule has 1 N–H and O–H groups in total. The highest BCUT2D eigenvalue weighted by molar-refractivity contribution is 9.10. The minimum atomic E-state index is -0.465. The van der Waals surface area contributed by atoms with Crippen molar-refractivity contribution in [1.29, 1.82) is 0 Å². The summed E-state index contributed by atoms with van der Waals surface area (Å²) in [6.07, 6.45) is 1.12. The second kappa shape index (κ2) is 5.75. The maximum atomic E-state index is 10.3. The number of hydrogen-bond acceptors (Lipinski definition) is 3. The van der Waals surface area contributed by atoms with E-state index < -0.39 is 6.10 Å². The fourth-order valence-electron chi connectivity index (χ4n) is 2.49. The van der Waals surface area contributed by atoms with Gasteiger partial charge in [-0.05, 0) is 39.5 Å². The first-order chi connectivity index (χ1) is 9.24. The van der Waals surface area contributed by atoms with Crippen molar-refractivity contribution in [3.63, 3.8) is 0 Å². The van der Waals surface area contributed by atoms with Gasteiger partial charge in [0.1, 0.15) is 0 Å². The number of hydrogen-bond donors (Lipinski definition) is 1. The van der Waals surface area contributed by atoms with Crippen molar-refractivity contribution in [3.8, 4) is 0 Å². The van der Waals surface area contributed by atoms with Crippen molar-refractivity contribution in [3.05, 3.63) is 56.2 Å². The van der Waals surface area contributed by atoms with E-state index in [0.29, 0.717) is 6.42 Å². The van der Waals surface area contributed by atoms with Gasteiger partial charge in [0, 0.05) is 21.2 Å². The molecule has 100 valence electrons. The van der Waals surface area contributed by atoms with Crippen LogP contribution in [-0.4, -0.2) is 11.7 Å². The van der Waals surface area contributed by atoms with Gasteiger partial charge in [0.25, 0.3) is 0 Å². The molecule has 0 bridgehead atoms. The lowest BCUT2D eigenvalue weighted by molar-refractivity contribution is 0.00456. The standard InChI is InChI=1S/C15H15BrO2S/c16-11-7-15(19-9-11)13(17)8-14-12-4-2-1-3-10(12)5-6-18-14/h1-4,7,9,13-14,17H,5-6,8H2. The van der Waals surface area contributed by atoms with Crippen LogP contribution in [0.25, 0.3) is 0 Å². The third-order valence-electron chi connectivity index (χ3n) is 3.45. The molecule has 3 rings (SSSR count). The van der Waals surface area contributed by atoms with Crippen LogP contribution in [0.1, 0.15) is 34.6 Å². The van der Waals surface area contributed by atoms with E-state index in [2.05, 4.69) is 34.1 Å². The predicted molar refractivity (Wildman–Crippen MR) is 80.4 cm³/mol. The summed E-state index contributed by atoms with van der Waals surface area (Å²) in [4.78, 5) is 0.985. The highest BCUT2D eigenvalue weighted by Crippen LogP contribution is 2.36. The van der Waals surface area contributed by atoms with Gasteiger partial charge in [0.15, 0.2) is 0 Å². The molecule has 2 atom stereocenters. The number of halogens is 1. The third kappa shape index (κ3) is 2.92. The van der Waals surface area contributed by atoms with E-state index in [4.69, 9.17) is 4.74 Å². The number of thiophene rings is 1. The third-order valence-corrected chi connectivity index (χ3v) is 5.24. The Kier molecular flexibility index (Phi) is 4.03. The summed E-state index contributed by atoms with van der Waals surface area (Å²) in [6, 6.07) is 10.3. The molecular weight excluding hydrogens is 324 g/mol. The van der Waals surface area contributed by atoms with Crippen LogP contribution in [0.2, 0.25) is 0 Å². The van der Waals surface area contributed by atoms with E-state index in [1.807, 2.05) is 17.5 Å². The molecule has 0 saturated heterocycles. The van der Waals surface area contributed by atoms with E-state index in [-0.39, 0.29) is 6.10 Å². The highest BCUT2D eigenvalue weighted by Gasteiger charge is 2.24. The predicted octanol–water partition coefficient (Wildman–Crippen LogP) is 4.25. The van der Waals surface area contributed by atoms with Crippen LogP contribution in [0, 0.1) is 0 Å². The Balaban J connectivity index is 1.77. The summed E-state index contributed by atoms with van der Waals surface area (Å²) in [7, 11) is 0. The molecule has 4 heteroatoms. The first-order valence-electron chi connectivity index (χ1n) is 6.35. The van der Waals surface area contributed by atoms with Gasteiger partial charge in [0.2, 0.25) is 0 Å². The zero-order valence-corrected chi connectivity index (χ0v) is 12.8. The molecule has 1 aliphatic rings. The van der Waals surface area contributed by atoms with Crippen molar-refractivity contribution < 1.29 is 9.84 Å². The monoisotopic (exact) mass is 338 g/mol. The molecule has 1 aliphatic heterocycles. The maximum absolute atomic E-state index is 10.3. The van der Waals surface area contributed by atoms with Crippen LogP contribution in [0.4, 0.5) is 0 Å². The Hall–Kier alpha value is -0.680. The molecule has 2 unspecified atom stereocenters. The lowest BCUT2D eigenvalue weighted by Crippen LogP contribution is -2.18. The molecule has 0 radical (unpaired) electrons. The topological polar surface area (TPSA) is 29.5 Å². The molecule has 19 heavy (non-hydrogen) atoms. The summed E-state index contributed by atoms with van der Waals surface area (Å²) < 4.78 is 6.86. The maximum Gasteiger partial charge on any atom is 0.0910 e. The number of aliphatic hydroxyl groups excluding tert-OH is 1. The Labute approximate surface area is 125 Å². The quantitative estimate of drug-likeness (QED) is 0.906. The molecule has 1 aromatic heterocycles. The van der Waals surface area contributed by atoms with Gasteiger partial charge in [-0.25, -0.2) is 0 Å². The molecule has 0 amide bonds. The highest BCUT2D eigenvalue weighted by atomic mass is 79.9. The Morgan fingerprint density at radius 2 is 2.26 bits per heavy atom. The Bertz CT molecular complexity index is 567. The van der Waals surface area contributed by atoms with Crippen molar-refractivity contribution >= 4 is 27.3 Å². The van der Waals surface area contributed by atoms with E-state index in [9.17, 15) is 5.11 Å². The Morgan fingerprint density at radius 3 is 3.05 bits per heavy atom. The smallest absolute Gasteiger partial charge is 0.0910 e. The fourth-order valence-corrected chi connectivity index (χ4v) is 3.94. The molecule has 1 aromatic carbocycles. The van der Waals surface area contributed by atoms with Crippen LogP contribution < -0.4 is 0 Å². The van der Waals surface area contributed by atoms with Gasteiger partial charge < -0.3 is 9.84 Å². The second-order valence-corrected chi connectivity index (χ2v) is 6.59. The van der Waals surface area contributed by atoms with Crippen LogP contribution >= 0.6 is 27.3 Å². The van der Waals surface area contributed by atoms with Gasteiger partial charge in [0.05, 0.1) is 18.8 Å². The van der Waals surface area contributed by atoms with Gasteiger partial charge in [-0.1, -0.05) is 24.3 Å². The molecular formula is C15H15BrO2S. The van der Waals surface area contributed by atoms with Crippen LogP contribution in [0.3, 0.4) is 0 Å². The van der Waals surface area contributed by atoms with Crippen molar-refractivity contribution in [2.24, 2.45) is 0 Å². The molecule has 2 aromatic rings. The van der Waals surface area contributed by atoms with Gasteiger partial charge in [-0.15, -0.1) is 11.3 Å². The first kappa shape index (κ1) is 13.3. The van der Waals surface area contributed by atoms with E-state index >= 15 is 0 Å². The number of fused-ring (bicyclic) bond motifs is 1. The number of rotatable bonds is 3. The van der Waals surface area contributed by atoms with Crippen LogP contribution in [0.15, 0.2) is 40.2 Å². The second-order valence-electron chi connectivity index (χ2n) is 4.73. The average Bonchev–Trinajstić information content (AvgIpc) is 2.86. The first-order valence-corrected chi connectivity index (χ1v) is 8.02. The largest absolute Gasteiger partial charge is 0.387 e. The number of ether oxygens (including phenoxy) is 1. The molecule has 0 aliphatic carbocycles. The Morgan fingerprint density at radius 1 is 1.42 bits per heavy atom. The van der Waals surface area contributed by atoms with Crippen LogP contribution in [-0.2, 0) is 11.2 Å². The minimum absolute atomic E-state index is 0.000764. The van der Waals surface area contributed by atoms with Crippen LogP contribution in [0.5, 0.6) is 0 Å². The minimum Gasteiger partial charge on any atom is -0.387 e.